The van der Waals surface area contributed by atoms with E-state index in [4.69, 9.17) is 17.3 Å². The molecule has 3 aromatic rings. The number of aromatic nitrogens is 4. The van der Waals surface area contributed by atoms with Crippen LogP contribution in [0, 0.1) is 5.92 Å². The molecule has 0 saturated heterocycles. The van der Waals surface area contributed by atoms with Crippen LogP contribution >= 0.6 is 11.6 Å². The summed E-state index contributed by atoms with van der Waals surface area (Å²) in [5.41, 5.74) is 7.14. The Labute approximate surface area is 149 Å². The van der Waals surface area contributed by atoms with E-state index < -0.39 is 6.04 Å². The first kappa shape index (κ1) is 17.1. The number of aromatic amines is 1. The van der Waals surface area contributed by atoms with Crippen molar-refractivity contribution in [1.82, 2.24) is 20.2 Å². The van der Waals surface area contributed by atoms with Crippen molar-refractivity contribution in [3.63, 3.8) is 0 Å². The van der Waals surface area contributed by atoms with Gasteiger partial charge in [-0.15, -0.1) is 0 Å². The number of rotatable bonds is 5. The lowest BCUT2D eigenvalue weighted by Crippen LogP contribution is -2.39. The Morgan fingerprint density at radius 3 is 2.80 bits per heavy atom. The Morgan fingerprint density at radius 2 is 2.08 bits per heavy atom. The highest BCUT2D eigenvalue weighted by atomic mass is 35.5. The van der Waals surface area contributed by atoms with E-state index in [1.165, 1.54) is 6.33 Å². The molecule has 1 aromatic carbocycles. The summed E-state index contributed by atoms with van der Waals surface area (Å²) in [6.45, 7) is 3.75. The summed E-state index contributed by atoms with van der Waals surface area (Å²) in [5.74, 6) is 0.502. The highest BCUT2D eigenvalue weighted by Crippen LogP contribution is 2.28. The summed E-state index contributed by atoms with van der Waals surface area (Å²) in [4.78, 5) is 20.6. The molecule has 0 bridgehead atoms. The molecule has 0 radical (unpaired) electrons. The average Bonchev–Trinajstić information content (AvgIpc) is 2.98. The number of carbonyl (C=O) groups excluding carboxylic acids is 1. The Balaban J connectivity index is 1.95. The molecule has 130 valence electrons. The van der Waals surface area contributed by atoms with E-state index in [0.29, 0.717) is 27.7 Å². The summed E-state index contributed by atoms with van der Waals surface area (Å²) in [6, 6.07) is 6.58. The van der Waals surface area contributed by atoms with Crippen LogP contribution in [0.4, 0.5) is 17.3 Å². The lowest BCUT2D eigenvalue weighted by atomic mass is 10.1. The topological polar surface area (TPSA) is 122 Å². The van der Waals surface area contributed by atoms with Gasteiger partial charge in [-0.2, -0.15) is 5.10 Å². The van der Waals surface area contributed by atoms with Crippen LogP contribution in [0.3, 0.4) is 0 Å². The van der Waals surface area contributed by atoms with E-state index in [-0.39, 0.29) is 11.8 Å². The van der Waals surface area contributed by atoms with Crippen LogP contribution in [0.5, 0.6) is 0 Å². The molecule has 0 fully saturated rings. The van der Waals surface area contributed by atoms with Crippen molar-refractivity contribution in [3.05, 3.63) is 35.6 Å². The van der Waals surface area contributed by atoms with Gasteiger partial charge in [0, 0.05) is 10.7 Å². The maximum atomic E-state index is 12.2. The fourth-order valence-corrected chi connectivity index (χ4v) is 2.44. The number of amides is 1. The Kier molecular flexibility index (Phi) is 4.82. The largest absolute Gasteiger partial charge is 0.339 e. The first-order valence-electron chi connectivity index (χ1n) is 7.74. The predicted molar refractivity (Wildman–Crippen MR) is 97.9 cm³/mol. The summed E-state index contributed by atoms with van der Waals surface area (Å²) in [5, 5.41) is 13.9. The molecule has 2 aromatic heterocycles. The molecular weight excluding hydrogens is 342 g/mol. The second-order valence-electron chi connectivity index (χ2n) is 5.91. The van der Waals surface area contributed by atoms with Crippen molar-refractivity contribution in [1.29, 1.82) is 0 Å². The minimum atomic E-state index is -0.638. The molecule has 5 N–H and O–H groups in total. The van der Waals surface area contributed by atoms with Crippen LogP contribution in [0.1, 0.15) is 13.8 Å². The van der Waals surface area contributed by atoms with Gasteiger partial charge in [-0.05, 0) is 24.1 Å². The first-order valence-corrected chi connectivity index (χ1v) is 8.11. The first-order chi connectivity index (χ1) is 12.0. The van der Waals surface area contributed by atoms with E-state index in [9.17, 15) is 4.79 Å². The van der Waals surface area contributed by atoms with Gasteiger partial charge in [-0.25, -0.2) is 9.97 Å². The normalized spacial score (nSPS) is 12.4. The van der Waals surface area contributed by atoms with Crippen LogP contribution in [-0.4, -0.2) is 32.1 Å². The van der Waals surface area contributed by atoms with Crippen LogP contribution in [0.15, 0.2) is 30.6 Å². The molecule has 8 nitrogen and oxygen atoms in total. The molecule has 3 rings (SSSR count). The molecule has 0 unspecified atom stereocenters. The zero-order chi connectivity index (χ0) is 18.0. The van der Waals surface area contributed by atoms with Crippen molar-refractivity contribution < 1.29 is 4.79 Å². The summed E-state index contributed by atoms with van der Waals surface area (Å²) in [7, 11) is 0. The lowest BCUT2D eigenvalue weighted by molar-refractivity contribution is -0.118. The number of hydrogen-bond acceptors (Lipinski definition) is 6. The van der Waals surface area contributed by atoms with Crippen LogP contribution in [-0.2, 0) is 4.79 Å². The van der Waals surface area contributed by atoms with Crippen molar-refractivity contribution in [2.75, 3.05) is 10.6 Å². The number of H-pyrrole nitrogens is 1. The zero-order valence-electron chi connectivity index (χ0n) is 13.7. The van der Waals surface area contributed by atoms with E-state index in [2.05, 4.69) is 30.8 Å². The third-order valence-corrected chi connectivity index (χ3v) is 3.94. The molecule has 0 aliphatic rings. The number of carbonyl (C=O) groups is 1. The van der Waals surface area contributed by atoms with E-state index >= 15 is 0 Å². The highest BCUT2D eigenvalue weighted by molar-refractivity contribution is 6.30. The quantitative estimate of drug-likeness (QED) is 0.555. The number of hydrogen-bond donors (Lipinski definition) is 4. The maximum Gasteiger partial charge on any atom is 0.242 e. The SMILES string of the molecule is CC(C)[C@H](N)C(=O)Nc1n[nH]c2ncnc(Nc3cccc(Cl)c3)c12. The van der Waals surface area contributed by atoms with Crippen molar-refractivity contribution in [3.8, 4) is 0 Å². The molecular formula is C16H18ClN7O. The smallest absolute Gasteiger partial charge is 0.242 e. The molecule has 1 amide bonds. The van der Waals surface area contributed by atoms with E-state index in [1.54, 1.807) is 12.1 Å². The third-order valence-electron chi connectivity index (χ3n) is 3.71. The molecule has 0 aliphatic carbocycles. The van der Waals surface area contributed by atoms with Gasteiger partial charge in [0.1, 0.15) is 17.5 Å². The van der Waals surface area contributed by atoms with Crippen molar-refractivity contribution in [2.24, 2.45) is 11.7 Å². The number of anilines is 3. The zero-order valence-corrected chi connectivity index (χ0v) is 14.5. The van der Waals surface area contributed by atoms with Crippen LogP contribution < -0.4 is 16.4 Å². The Bertz CT molecular complexity index is 908. The van der Waals surface area contributed by atoms with Gasteiger partial charge in [-0.1, -0.05) is 31.5 Å². The standard InChI is InChI=1S/C16H18ClN7O/c1-8(2)12(18)16(25)22-15-11-13(19-7-20-14(11)23-24-15)21-10-5-3-4-9(17)6-10/h3-8,12H,18H2,1-2H3,(H3,19,20,21,22,23,24,25)/t12-/m0/s1. The van der Waals surface area contributed by atoms with E-state index in [0.717, 1.165) is 5.69 Å². The molecule has 0 spiro atoms. The van der Waals surface area contributed by atoms with Gasteiger partial charge < -0.3 is 16.4 Å². The average molecular weight is 360 g/mol. The van der Waals surface area contributed by atoms with E-state index in [1.807, 2.05) is 26.0 Å². The molecule has 1 atom stereocenters. The summed E-state index contributed by atoms with van der Waals surface area (Å²) < 4.78 is 0. The fraction of sp³-hybridized carbons (Fsp3) is 0.250. The van der Waals surface area contributed by atoms with Gasteiger partial charge in [-0.3, -0.25) is 9.89 Å². The monoisotopic (exact) mass is 359 g/mol. The molecule has 0 saturated carbocycles. The number of nitrogens with two attached hydrogens (primary N) is 1. The van der Waals surface area contributed by atoms with Crippen LogP contribution in [0.25, 0.3) is 11.0 Å². The minimum Gasteiger partial charge on any atom is -0.339 e. The van der Waals surface area contributed by atoms with Gasteiger partial charge in [0.25, 0.3) is 0 Å². The molecule has 0 aliphatic heterocycles. The number of benzene rings is 1. The fourth-order valence-electron chi connectivity index (χ4n) is 2.25. The van der Waals surface area contributed by atoms with Gasteiger partial charge in [0.15, 0.2) is 11.5 Å². The highest BCUT2D eigenvalue weighted by Gasteiger charge is 2.21. The second-order valence-corrected chi connectivity index (χ2v) is 6.35. The summed E-state index contributed by atoms with van der Waals surface area (Å²) >= 11 is 6.01. The molecule has 25 heavy (non-hydrogen) atoms. The minimum absolute atomic E-state index is 0.00510. The lowest BCUT2D eigenvalue weighted by Gasteiger charge is -2.14. The second kappa shape index (κ2) is 7.04. The number of nitrogens with zero attached hydrogens (tertiary/aromatic N) is 3. The van der Waals surface area contributed by atoms with Crippen molar-refractivity contribution in [2.45, 2.75) is 19.9 Å². The summed E-state index contributed by atoms with van der Waals surface area (Å²) in [6.07, 6.45) is 1.40. The molecule has 2 heterocycles. The number of fused-ring (bicyclic) bond motifs is 1. The molecule has 9 heteroatoms. The predicted octanol–water partition coefficient (Wildman–Crippen LogP) is 2.67. The van der Waals surface area contributed by atoms with Gasteiger partial charge >= 0.3 is 0 Å². The maximum absolute atomic E-state index is 12.2. The number of nitrogens with one attached hydrogen (secondary N) is 3. The van der Waals surface area contributed by atoms with Gasteiger partial charge in [0.2, 0.25) is 5.91 Å². The van der Waals surface area contributed by atoms with Crippen LogP contribution in [0.2, 0.25) is 5.02 Å². The Hall–Kier alpha value is -2.71. The van der Waals surface area contributed by atoms with Crippen molar-refractivity contribution >= 4 is 45.9 Å². The number of halogens is 1. The van der Waals surface area contributed by atoms with Gasteiger partial charge in [0.05, 0.1) is 6.04 Å². The third kappa shape index (κ3) is 3.70. The Morgan fingerprint density at radius 1 is 1.28 bits per heavy atom.